The molecule has 0 aliphatic heterocycles. The summed E-state index contributed by atoms with van der Waals surface area (Å²) in [5.41, 5.74) is 1.54. The quantitative estimate of drug-likeness (QED) is 0.502. The van der Waals surface area contributed by atoms with Crippen LogP contribution in [0.3, 0.4) is 0 Å². The Balaban J connectivity index is 2.02. The first-order valence-corrected chi connectivity index (χ1v) is 6.93. The first-order chi connectivity index (χ1) is 11.0. The fourth-order valence-electron chi connectivity index (χ4n) is 1.91. The van der Waals surface area contributed by atoms with Crippen LogP contribution in [0, 0.1) is 6.92 Å². The zero-order valence-corrected chi connectivity index (χ0v) is 12.8. The Morgan fingerprint density at radius 2 is 2.00 bits per heavy atom. The molecule has 1 aromatic carbocycles. The van der Waals surface area contributed by atoms with Gasteiger partial charge in [-0.15, -0.1) is 0 Å². The molecule has 0 saturated heterocycles. The Labute approximate surface area is 133 Å². The number of benzene rings is 1. The number of carbonyl (C=O) groups excluding carboxylic acids is 3. The third kappa shape index (κ3) is 4.23. The summed E-state index contributed by atoms with van der Waals surface area (Å²) in [6, 6.07) is 8.15. The second-order valence-electron chi connectivity index (χ2n) is 4.90. The fourth-order valence-corrected chi connectivity index (χ4v) is 1.91. The lowest BCUT2D eigenvalue weighted by atomic mass is 10.1. The van der Waals surface area contributed by atoms with Crippen LogP contribution in [0.25, 0.3) is 0 Å². The van der Waals surface area contributed by atoms with Gasteiger partial charge in [-0.3, -0.25) is 19.4 Å². The Morgan fingerprint density at radius 3 is 2.70 bits per heavy atom. The van der Waals surface area contributed by atoms with Crippen molar-refractivity contribution in [2.45, 2.75) is 13.3 Å². The predicted octanol–water partition coefficient (Wildman–Crippen LogP) is 2.18. The highest BCUT2D eigenvalue weighted by Crippen LogP contribution is 2.15. The first kappa shape index (κ1) is 16.4. The zero-order valence-electron chi connectivity index (χ0n) is 12.8. The van der Waals surface area contributed by atoms with Gasteiger partial charge in [0.1, 0.15) is 5.75 Å². The lowest BCUT2D eigenvalue weighted by Gasteiger charge is -2.07. The predicted molar refractivity (Wildman–Crippen MR) is 84.6 cm³/mol. The number of rotatable bonds is 6. The van der Waals surface area contributed by atoms with E-state index in [1.54, 1.807) is 37.4 Å². The monoisotopic (exact) mass is 312 g/mol. The summed E-state index contributed by atoms with van der Waals surface area (Å²) in [5, 5.41) is 2.46. The summed E-state index contributed by atoms with van der Waals surface area (Å²) in [6.45, 7) is 1.78. The molecule has 0 fully saturated rings. The van der Waals surface area contributed by atoms with Gasteiger partial charge in [0.25, 0.3) is 5.91 Å². The molecule has 0 bridgehead atoms. The molecule has 0 saturated carbocycles. The van der Waals surface area contributed by atoms with Gasteiger partial charge >= 0.3 is 0 Å². The minimum Gasteiger partial charge on any atom is -0.497 e. The van der Waals surface area contributed by atoms with Crippen LogP contribution in [-0.4, -0.2) is 29.6 Å². The van der Waals surface area contributed by atoms with E-state index in [9.17, 15) is 14.4 Å². The second-order valence-corrected chi connectivity index (χ2v) is 4.90. The number of anilines is 1. The smallest absolute Gasteiger partial charge is 0.292 e. The maximum absolute atomic E-state index is 12.1. The van der Waals surface area contributed by atoms with Crippen molar-refractivity contribution < 1.29 is 19.1 Å². The third-order valence-corrected chi connectivity index (χ3v) is 3.25. The molecule has 1 heterocycles. The van der Waals surface area contributed by atoms with Crippen LogP contribution in [0.2, 0.25) is 0 Å². The van der Waals surface area contributed by atoms with Crippen molar-refractivity contribution in [2.75, 3.05) is 12.4 Å². The lowest BCUT2D eigenvalue weighted by molar-refractivity contribution is -0.134. The maximum Gasteiger partial charge on any atom is 0.292 e. The van der Waals surface area contributed by atoms with Gasteiger partial charge in [-0.1, -0.05) is 12.1 Å². The average Bonchev–Trinajstić information content (AvgIpc) is 2.56. The van der Waals surface area contributed by atoms with E-state index in [0.717, 1.165) is 5.56 Å². The summed E-state index contributed by atoms with van der Waals surface area (Å²) < 4.78 is 5.03. The summed E-state index contributed by atoms with van der Waals surface area (Å²) in [6.07, 6.45) is 2.53. The Bertz CT molecular complexity index is 756. The van der Waals surface area contributed by atoms with E-state index >= 15 is 0 Å². The largest absolute Gasteiger partial charge is 0.497 e. The number of aromatic nitrogens is 1. The maximum atomic E-state index is 12.1. The molecule has 1 amide bonds. The van der Waals surface area contributed by atoms with Gasteiger partial charge in [-0.2, -0.15) is 0 Å². The Kier molecular flexibility index (Phi) is 5.19. The van der Waals surface area contributed by atoms with E-state index in [0.29, 0.717) is 17.0 Å². The van der Waals surface area contributed by atoms with Gasteiger partial charge in [0.05, 0.1) is 25.4 Å². The van der Waals surface area contributed by atoms with E-state index in [-0.39, 0.29) is 0 Å². The molecule has 0 atom stereocenters. The van der Waals surface area contributed by atoms with Gasteiger partial charge in [0.15, 0.2) is 5.78 Å². The fraction of sp³-hybridized carbons (Fsp3) is 0.176. The molecule has 118 valence electrons. The number of amides is 1. The number of methoxy groups -OCH3 is 1. The van der Waals surface area contributed by atoms with Gasteiger partial charge in [0, 0.05) is 11.8 Å². The lowest BCUT2D eigenvalue weighted by Crippen LogP contribution is -2.25. The van der Waals surface area contributed by atoms with Crippen LogP contribution >= 0.6 is 0 Å². The van der Waals surface area contributed by atoms with Crippen molar-refractivity contribution >= 4 is 23.2 Å². The highest BCUT2D eigenvalue weighted by Gasteiger charge is 2.20. The van der Waals surface area contributed by atoms with E-state index in [1.165, 1.54) is 19.4 Å². The van der Waals surface area contributed by atoms with E-state index in [2.05, 4.69) is 10.3 Å². The SMILES string of the molecule is COc1cccc(C(=O)CC(=O)C(=O)Nc2cnccc2C)c1. The topological polar surface area (TPSA) is 85.4 Å². The molecule has 0 aliphatic rings. The number of nitrogens with zero attached hydrogens (tertiary/aromatic N) is 1. The standard InChI is InChI=1S/C17H16N2O4/c1-11-6-7-18-10-14(11)19-17(22)16(21)9-15(20)12-4-3-5-13(8-12)23-2/h3-8,10H,9H2,1-2H3,(H,19,22). The van der Waals surface area contributed by atoms with Crippen LogP contribution in [-0.2, 0) is 9.59 Å². The summed E-state index contributed by atoms with van der Waals surface area (Å²) >= 11 is 0. The van der Waals surface area contributed by atoms with Gasteiger partial charge in [-0.25, -0.2) is 0 Å². The number of ether oxygens (including phenoxy) is 1. The van der Waals surface area contributed by atoms with Crippen LogP contribution in [0.4, 0.5) is 5.69 Å². The minimum atomic E-state index is -0.836. The van der Waals surface area contributed by atoms with Gasteiger partial charge in [-0.05, 0) is 30.7 Å². The zero-order chi connectivity index (χ0) is 16.8. The first-order valence-electron chi connectivity index (χ1n) is 6.93. The number of hydrogen-bond acceptors (Lipinski definition) is 5. The summed E-state index contributed by atoms with van der Waals surface area (Å²) in [5.74, 6) is -1.57. The van der Waals surface area contributed by atoms with Crippen LogP contribution in [0.15, 0.2) is 42.7 Å². The molecule has 2 rings (SSSR count). The third-order valence-electron chi connectivity index (χ3n) is 3.25. The second kappa shape index (κ2) is 7.31. The number of hydrogen-bond donors (Lipinski definition) is 1. The van der Waals surface area contributed by atoms with E-state index < -0.39 is 23.9 Å². The van der Waals surface area contributed by atoms with Crippen molar-refractivity contribution in [3.8, 4) is 5.75 Å². The van der Waals surface area contributed by atoms with Crippen LogP contribution < -0.4 is 10.1 Å². The highest BCUT2D eigenvalue weighted by molar-refractivity contribution is 6.44. The highest BCUT2D eigenvalue weighted by atomic mass is 16.5. The molecule has 2 aromatic rings. The molecular weight excluding hydrogens is 296 g/mol. The molecule has 6 nitrogen and oxygen atoms in total. The molecule has 23 heavy (non-hydrogen) atoms. The van der Waals surface area contributed by atoms with Crippen LogP contribution in [0.1, 0.15) is 22.3 Å². The van der Waals surface area contributed by atoms with E-state index in [1.807, 2.05) is 0 Å². The Morgan fingerprint density at radius 1 is 1.22 bits per heavy atom. The van der Waals surface area contributed by atoms with Crippen molar-refractivity contribution in [1.29, 1.82) is 0 Å². The van der Waals surface area contributed by atoms with E-state index in [4.69, 9.17) is 4.74 Å². The van der Waals surface area contributed by atoms with Gasteiger partial charge in [0.2, 0.25) is 5.78 Å². The van der Waals surface area contributed by atoms with Crippen molar-refractivity contribution in [2.24, 2.45) is 0 Å². The summed E-state index contributed by atoms with van der Waals surface area (Å²) in [7, 11) is 1.48. The number of nitrogens with one attached hydrogen (secondary N) is 1. The summed E-state index contributed by atoms with van der Waals surface area (Å²) in [4.78, 5) is 39.8. The number of carbonyl (C=O) groups is 3. The Hall–Kier alpha value is -3.02. The number of ketones is 2. The van der Waals surface area contributed by atoms with Crippen molar-refractivity contribution in [1.82, 2.24) is 4.98 Å². The molecule has 1 N–H and O–H groups in total. The molecule has 0 radical (unpaired) electrons. The van der Waals surface area contributed by atoms with Crippen molar-refractivity contribution in [3.05, 3.63) is 53.9 Å². The van der Waals surface area contributed by atoms with Crippen LogP contribution in [0.5, 0.6) is 5.75 Å². The van der Waals surface area contributed by atoms with Crippen molar-refractivity contribution in [3.63, 3.8) is 0 Å². The molecule has 1 aromatic heterocycles. The molecule has 0 unspecified atom stereocenters. The molecule has 6 heteroatoms. The molecule has 0 spiro atoms. The van der Waals surface area contributed by atoms with Gasteiger partial charge < -0.3 is 10.1 Å². The number of aryl methyl sites for hydroxylation is 1. The number of Topliss-reactive ketones (excluding diaryl/α,β-unsaturated/α-hetero) is 2. The normalized spacial score (nSPS) is 10.0. The average molecular weight is 312 g/mol. The number of pyridine rings is 1. The molecular formula is C17H16N2O4. The molecule has 0 aliphatic carbocycles. The minimum absolute atomic E-state index is 0.322.